The fraction of sp³-hybridized carbons (Fsp3) is 0.286. The van der Waals surface area contributed by atoms with Crippen LogP contribution >= 0.6 is 11.3 Å². The van der Waals surface area contributed by atoms with Gasteiger partial charge in [0.25, 0.3) is 0 Å². The zero-order valence-electron chi connectivity index (χ0n) is 13.5. The van der Waals surface area contributed by atoms with Crippen LogP contribution in [0.25, 0.3) is 20.8 Å². The summed E-state index contributed by atoms with van der Waals surface area (Å²) in [4.78, 5) is 4.67. The van der Waals surface area contributed by atoms with Crippen LogP contribution in [-0.4, -0.2) is 10.1 Å². The van der Waals surface area contributed by atoms with Crippen molar-refractivity contribution in [2.24, 2.45) is 5.41 Å². The van der Waals surface area contributed by atoms with Gasteiger partial charge < -0.3 is 5.11 Å². The topological polar surface area (TPSA) is 33.1 Å². The summed E-state index contributed by atoms with van der Waals surface area (Å²) >= 11 is 1.61. The molecule has 0 saturated heterocycles. The summed E-state index contributed by atoms with van der Waals surface area (Å²) in [6.07, 6.45) is 11.3. The van der Waals surface area contributed by atoms with Crippen LogP contribution in [0.3, 0.4) is 0 Å². The number of aromatic nitrogens is 1. The van der Waals surface area contributed by atoms with E-state index in [0.29, 0.717) is 0 Å². The normalized spacial score (nSPS) is 16.3. The van der Waals surface area contributed by atoms with Crippen molar-refractivity contribution in [3.8, 4) is 28.7 Å². The maximum atomic E-state index is 10.3. The van der Waals surface area contributed by atoms with Gasteiger partial charge in [0.15, 0.2) is 0 Å². The maximum Gasteiger partial charge on any atom is 0.128 e. The van der Waals surface area contributed by atoms with Crippen LogP contribution in [0.4, 0.5) is 0 Å². The van der Waals surface area contributed by atoms with Crippen LogP contribution in [0.2, 0.25) is 0 Å². The quantitative estimate of drug-likeness (QED) is 0.651. The number of fused-ring (bicyclic) bond motifs is 1. The number of para-hydroxylation sites is 1. The summed E-state index contributed by atoms with van der Waals surface area (Å²) < 4.78 is 1.13. The molecule has 120 valence electrons. The van der Waals surface area contributed by atoms with Crippen LogP contribution in [0.15, 0.2) is 42.5 Å². The number of phenols is 1. The Hall–Kier alpha value is -2.31. The molecule has 1 aromatic heterocycles. The molecular weight excluding hydrogens is 314 g/mol. The predicted molar refractivity (Wildman–Crippen MR) is 100 cm³/mol. The van der Waals surface area contributed by atoms with Gasteiger partial charge in [-0.25, -0.2) is 4.98 Å². The molecule has 2 nitrogen and oxygen atoms in total. The first-order chi connectivity index (χ1) is 11.7. The minimum Gasteiger partial charge on any atom is -0.507 e. The Balaban J connectivity index is 1.72. The smallest absolute Gasteiger partial charge is 0.128 e. The zero-order valence-corrected chi connectivity index (χ0v) is 14.3. The molecule has 1 N–H and O–H groups in total. The molecule has 0 unspecified atom stereocenters. The molecule has 0 atom stereocenters. The summed E-state index contributed by atoms with van der Waals surface area (Å²) in [6, 6.07) is 13.9. The van der Waals surface area contributed by atoms with E-state index in [-0.39, 0.29) is 11.2 Å². The highest BCUT2D eigenvalue weighted by atomic mass is 32.1. The third kappa shape index (κ3) is 2.68. The number of terminal acetylenes is 1. The van der Waals surface area contributed by atoms with Crippen molar-refractivity contribution in [1.82, 2.24) is 4.98 Å². The first kappa shape index (κ1) is 15.2. The number of nitrogens with zero attached hydrogens (tertiary/aromatic N) is 1. The maximum absolute atomic E-state index is 10.3. The molecule has 0 spiro atoms. The van der Waals surface area contributed by atoms with Crippen molar-refractivity contribution in [2.45, 2.75) is 32.1 Å². The number of rotatable bonds is 3. The number of phenolic OH excluding ortho intramolecular Hbond substituents is 1. The van der Waals surface area contributed by atoms with E-state index < -0.39 is 0 Å². The van der Waals surface area contributed by atoms with Crippen LogP contribution in [-0.2, 0) is 6.42 Å². The van der Waals surface area contributed by atoms with E-state index in [1.807, 2.05) is 24.3 Å². The molecule has 1 aliphatic rings. The van der Waals surface area contributed by atoms with Gasteiger partial charge in [-0.2, -0.15) is 0 Å². The lowest BCUT2D eigenvalue weighted by Gasteiger charge is -2.22. The van der Waals surface area contributed by atoms with Crippen LogP contribution in [0, 0.1) is 17.8 Å². The highest BCUT2D eigenvalue weighted by Crippen LogP contribution is 2.42. The summed E-state index contributed by atoms with van der Waals surface area (Å²) in [7, 11) is 0. The van der Waals surface area contributed by atoms with E-state index in [2.05, 4.69) is 23.0 Å². The molecule has 2 aromatic carbocycles. The minimum atomic E-state index is -0.0121. The van der Waals surface area contributed by atoms with Crippen LogP contribution in [0.5, 0.6) is 5.75 Å². The van der Waals surface area contributed by atoms with E-state index in [1.165, 1.54) is 18.4 Å². The number of thiazole rings is 1. The number of aromatic hydroxyl groups is 1. The zero-order chi connectivity index (χ0) is 16.6. The lowest BCUT2D eigenvalue weighted by Crippen LogP contribution is -2.16. The molecular formula is C21H19NOS. The molecule has 3 heteroatoms. The third-order valence-electron chi connectivity index (χ3n) is 4.99. The molecule has 4 rings (SSSR count). The third-order valence-corrected chi connectivity index (χ3v) is 6.06. The lowest BCUT2D eigenvalue weighted by molar-refractivity contribution is 0.414. The van der Waals surface area contributed by atoms with Gasteiger partial charge in [-0.1, -0.05) is 37.0 Å². The Morgan fingerprint density at radius 3 is 2.71 bits per heavy atom. The first-order valence-electron chi connectivity index (χ1n) is 8.35. The largest absolute Gasteiger partial charge is 0.507 e. The Kier molecular flexibility index (Phi) is 3.78. The molecule has 0 radical (unpaired) electrons. The van der Waals surface area contributed by atoms with E-state index in [4.69, 9.17) is 6.42 Å². The van der Waals surface area contributed by atoms with Gasteiger partial charge >= 0.3 is 0 Å². The molecule has 1 fully saturated rings. The van der Waals surface area contributed by atoms with E-state index in [1.54, 1.807) is 17.4 Å². The van der Waals surface area contributed by atoms with E-state index in [0.717, 1.165) is 40.1 Å². The number of benzene rings is 2. The van der Waals surface area contributed by atoms with E-state index >= 15 is 0 Å². The molecule has 1 aliphatic carbocycles. The summed E-state index contributed by atoms with van der Waals surface area (Å²) in [5.74, 6) is 3.32. The fourth-order valence-corrected chi connectivity index (χ4v) is 4.66. The highest BCUT2D eigenvalue weighted by molar-refractivity contribution is 7.21. The van der Waals surface area contributed by atoms with Gasteiger partial charge in [-0.3, -0.25) is 0 Å². The second-order valence-electron chi connectivity index (χ2n) is 6.65. The molecule has 0 aliphatic heterocycles. The molecule has 3 aromatic rings. The average Bonchev–Trinajstić information content (AvgIpc) is 3.23. The van der Waals surface area contributed by atoms with Gasteiger partial charge in [-0.15, -0.1) is 17.8 Å². The second-order valence-corrected chi connectivity index (χ2v) is 7.68. The Bertz CT molecular complexity index is 895. The molecule has 24 heavy (non-hydrogen) atoms. The van der Waals surface area contributed by atoms with Crippen molar-refractivity contribution in [3.63, 3.8) is 0 Å². The summed E-state index contributed by atoms with van der Waals surface area (Å²) in [5, 5.41) is 11.2. The van der Waals surface area contributed by atoms with E-state index in [9.17, 15) is 5.11 Å². The number of hydrogen-bond donors (Lipinski definition) is 1. The van der Waals surface area contributed by atoms with Crippen molar-refractivity contribution in [3.05, 3.63) is 48.0 Å². The highest BCUT2D eigenvalue weighted by Gasteiger charge is 2.32. The van der Waals surface area contributed by atoms with Crippen molar-refractivity contribution in [2.75, 3.05) is 0 Å². The van der Waals surface area contributed by atoms with Crippen molar-refractivity contribution < 1.29 is 5.11 Å². The monoisotopic (exact) mass is 333 g/mol. The average molecular weight is 333 g/mol. The fourth-order valence-electron chi connectivity index (χ4n) is 3.67. The SMILES string of the molecule is C#CC1(Cc2ccc(O)c(-c3nc4ccccc4s3)c2)CCCC1. The Morgan fingerprint density at radius 1 is 1.17 bits per heavy atom. The first-order valence-corrected chi connectivity index (χ1v) is 9.16. The summed E-state index contributed by atoms with van der Waals surface area (Å²) in [6.45, 7) is 0. The van der Waals surface area contributed by atoms with Gasteiger partial charge in [0, 0.05) is 5.41 Å². The summed E-state index contributed by atoms with van der Waals surface area (Å²) in [5.41, 5.74) is 2.95. The van der Waals surface area contributed by atoms with Gasteiger partial charge in [0.2, 0.25) is 0 Å². The molecule has 1 heterocycles. The van der Waals surface area contributed by atoms with Crippen molar-refractivity contribution in [1.29, 1.82) is 0 Å². The van der Waals surface area contributed by atoms with Crippen LogP contribution in [0.1, 0.15) is 31.2 Å². The molecule has 0 bridgehead atoms. The number of hydrogen-bond acceptors (Lipinski definition) is 3. The minimum absolute atomic E-state index is 0.0121. The standard InChI is InChI=1S/C21H19NOS/c1-2-21(11-5-6-12-21)14-15-9-10-18(23)16(13-15)20-22-17-7-3-4-8-19(17)24-20/h1,3-4,7-10,13,23H,5-6,11-12,14H2. The molecule has 0 amide bonds. The molecule has 1 saturated carbocycles. The Labute approximate surface area is 146 Å². The Morgan fingerprint density at radius 2 is 1.96 bits per heavy atom. The predicted octanol–water partition coefficient (Wildman–Crippen LogP) is 5.41. The van der Waals surface area contributed by atoms with Crippen LogP contribution < -0.4 is 0 Å². The van der Waals surface area contributed by atoms with Gasteiger partial charge in [-0.05, 0) is 49.1 Å². The van der Waals surface area contributed by atoms with Gasteiger partial charge in [0.1, 0.15) is 10.8 Å². The second kappa shape index (κ2) is 5.96. The van der Waals surface area contributed by atoms with Gasteiger partial charge in [0.05, 0.1) is 15.8 Å². The lowest BCUT2D eigenvalue weighted by atomic mass is 9.80. The van der Waals surface area contributed by atoms with Crippen molar-refractivity contribution >= 4 is 21.6 Å².